The van der Waals surface area contributed by atoms with Crippen LogP contribution in [0.3, 0.4) is 0 Å². The first-order chi connectivity index (χ1) is 18.7. The highest BCUT2D eigenvalue weighted by molar-refractivity contribution is 7.90. The van der Waals surface area contributed by atoms with Crippen LogP contribution >= 0.6 is 0 Å². The lowest BCUT2D eigenvalue weighted by atomic mass is 10.0. The van der Waals surface area contributed by atoms with Gasteiger partial charge in [0.05, 0.1) is 27.9 Å². The number of ketones is 1. The number of sulfonamides is 1. The zero-order valence-electron chi connectivity index (χ0n) is 22.5. The molecular weight excluding hydrogens is 556 g/mol. The molecule has 2 amide bonds. The van der Waals surface area contributed by atoms with Crippen LogP contribution in [0.1, 0.15) is 49.0 Å². The molecule has 3 rings (SSSR count). The molecule has 1 aliphatic rings. The van der Waals surface area contributed by atoms with E-state index in [0.29, 0.717) is 6.42 Å². The van der Waals surface area contributed by atoms with E-state index in [1.165, 1.54) is 42.5 Å². The average molecular weight is 589 g/mol. The fourth-order valence-corrected chi connectivity index (χ4v) is 6.56. The van der Waals surface area contributed by atoms with E-state index >= 15 is 0 Å². The molecule has 1 saturated heterocycles. The second-order valence-corrected chi connectivity index (χ2v) is 14.0. The minimum absolute atomic E-state index is 0.00864. The summed E-state index contributed by atoms with van der Waals surface area (Å²) in [6, 6.07) is 11.0. The molecule has 214 valence electrons. The van der Waals surface area contributed by atoms with Crippen molar-refractivity contribution >= 4 is 37.5 Å². The largest absolute Gasteiger partial charge is 0.344 e. The molecule has 40 heavy (non-hydrogen) atoms. The molecule has 2 aromatic carbocycles. The average Bonchev–Trinajstić information content (AvgIpc) is 3.09. The second-order valence-electron chi connectivity index (χ2n) is 10.1. The van der Waals surface area contributed by atoms with E-state index in [4.69, 9.17) is 0 Å². The molecule has 2 unspecified atom stereocenters. The van der Waals surface area contributed by atoms with Crippen molar-refractivity contribution in [2.45, 2.75) is 55.0 Å². The SMILES string of the molecule is CC(C)CC(NC(=O)c1ccc(S(C)(=O)=O)cc1)C(=O)NC1CCCN(S(=O)(=O)c2ccccc2C#N)CC1=O. The Hall–Kier alpha value is -3.60. The van der Waals surface area contributed by atoms with Crippen molar-refractivity contribution in [2.24, 2.45) is 5.92 Å². The number of sulfone groups is 1. The lowest BCUT2D eigenvalue weighted by Crippen LogP contribution is -2.52. The number of hydrogen-bond donors (Lipinski definition) is 2. The highest BCUT2D eigenvalue weighted by Crippen LogP contribution is 2.22. The van der Waals surface area contributed by atoms with E-state index in [-0.39, 0.29) is 46.2 Å². The van der Waals surface area contributed by atoms with E-state index in [0.717, 1.165) is 10.6 Å². The van der Waals surface area contributed by atoms with Crippen LogP contribution < -0.4 is 10.6 Å². The Morgan fingerprint density at radius 3 is 2.33 bits per heavy atom. The minimum atomic E-state index is -4.12. The number of Topliss-reactive ketones (excluding diaryl/α,β-unsaturated/α-hetero) is 1. The standard InChI is InChI=1S/C27H32N4O7S2/c1-18(2)15-23(30-26(33)19-10-12-21(13-11-19)39(3,35)36)27(34)29-22-8-6-14-31(17-24(22)32)40(37,38)25-9-5-4-7-20(25)16-28/h4-5,7,9-13,18,22-23H,6,8,14-15,17H2,1-3H3,(H,29,34)(H,30,33). The van der Waals surface area contributed by atoms with Gasteiger partial charge in [-0.3, -0.25) is 14.4 Å². The Morgan fingerprint density at radius 1 is 1.07 bits per heavy atom. The summed E-state index contributed by atoms with van der Waals surface area (Å²) in [5, 5.41) is 14.7. The molecule has 11 nitrogen and oxygen atoms in total. The lowest BCUT2D eigenvalue weighted by Gasteiger charge is -2.23. The molecule has 2 N–H and O–H groups in total. The molecule has 0 aliphatic carbocycles. The van der Waals surface area contributed by atoms with Gasteiger partial charge >= 0.3 is 0 Å². The van der Waals surface area contributed by atoms with Crippen molar-refractivity contribution in [1.29, 1.82) is 5.26 Å². The van der Waals surface area contributed by atoms with Crippen LogP contribution in [0, 0.1) is 17.2 Å². The maximum Gasteiger partial charge on any atom is 0.251 e. The summed E-state index contributed by atoms with van der Waals surface area (Å²) >= 11 is 0. The summed E-state index contributed by atoms with van der Waals surface area (Å²) in [5.41, 5.74) is 0.139. The fraction of sp³-hybridized carbons (Fsp3) is 0.407. The number of amides is 2. The summed E-state index contributed by atoms with van der Waals surface area (Å²) < 4.78 is 50.8. The number of carbonyl (C=O) groups excluding carboxylic acids is 3. The molecule has 2 atom stereocenters. The van der Waals surface area contributed by atoms with Gasteiger partial charge in [0.25, 0.3) is 5.91 Å². The molecule has 1 aliphatic heterocycles. The molecule has 0 spiro atoms. The fourth-order valence-electron chi connectivity index (χ4n) is 4.35. The van der Waals surface area contributed by atoms with Crippen molar-refractivity contribution in [3.63, 3.8) is 0 Å². The second kappa shape index (κ2) is 12.7. The molecule has 2 aromatic rings. The monoisotopic (exact) mass is 588 g/mol. The van der Waals surface area contributed by atoms with Gasteiger partial charge < -0.3 is 10.6 Å². The minimum Gasteiger partial charge on any atom is -0.344 e. The lowest BCUT2D eigenvalue weighted by molar-refractivity contribution is -0.129. The summed E-state index contributed by atoms with van der Waals surface area (Å²) in [7, 11) is -7.56. The molecule has 1 heterocycles. The highest BCUT2D eigenvalue weighted by Gasteiger charge is 2.35. The van der Waals surface area contributed by atoms with Gasteiger partial charge in [-0.2, -0.15) is 9.57 Å². The van der Waals surface area contributed by atoms with Crippen molar-refractivity contribution in [1.82, 2.24) is 14.9 Å². The number of nitriles is 1. The van der Waals surface area contributed by atoms with Crippen molar-refractivity contribution in [3.05, 3.63) is 59.7 Å². The first kappa shape index (κ1) is 30.9. The van der Waals surface area contributed by atoms with Crippen LogP contribution in [0.5, 0.6) is 0 Å². The van der Waals surface area contributed by atoms with Gasteiger partial charge in [0.2, 0.25) is 15.9 Å². The Balaban J connectivity index is 1.72. The number of rotatable bonds is 9. The smallest absolute Gasteiger partial charge is 0.251 e. The predicted octanol–water partition coefficient (Wildman–Crippen LogP) is 1.64. The zero-order chi connectivity index (χ0) is 29.7. The van der Waals surface area contributed by atoms with Gasteiger partial charge in [-0.1, -0.05) is 26.0 Å². The van der Waals surface area contributed by atoms with Crippen LogP contribution in [-0.4, -0.2) is 70.2 Å². The number of hydrogen-bond acceptors (Lipinski definition) is 8. The number of nitrogens with one attached hydrogen (secondary N) is 2. The maximum absolute atomic E-state index is 13.2. The number of benzene rings is 2. The van der Waals surface area contributed by atoms with E-state index < -0.39 is 56.1 Å². The number of nitrogens with zero attached hydrogens (tertiary/aromatic N) is 2. The Kier molecular flexibility index (Phi) is 9.83. The third-order valence-corrected chi connectivity index (χ3v) is 9.47. The molecule has 13 heteroatoms. The normalized spacial score (nSPS) is 17.5. The molecule has 0 radical (unpaired) electrons. The van der Waals surface area contributed by atoms with E-state index in [1.807, 2.05) is 19.9 Å². The molecule has 0 aromatic heterocycles. The Labute approximate surface area is 234 Å². The summed E-state index contributed by atoms with van der Waals surface area (Å²) in [6.45, 7) is 3.30. The van der Waals surface area contributed by atoms with Crippen molar-refractivity contribution < 1.29 is 31.2 Å². The van der Waals surface area contributed by atoms with Crippen LogP contribution in [0.4, 0.5) is 0 Å². The van der Waals surface area contributed by atoms with Gasteiger partial charge in [-0.15, -0.1) is 0 Å². The molecular formula is C27H32N4O7S2. The van der Waals surface area contributed by atoms with Gasteiger partial charge in [-0.25, -0.2) is 16.8 Å². The number of carbonyl (C=O) groups is 3. The van der Waals surface area contributed by atoms with E-state index in [9.17, 15) is 36.5 Å². The predicted molar refractivity (Wildman–Crippen MR) is 146 cm³/mol. The zero-order valence-corrected chi connectivity index (χ0v) is 24.1. The van der Waals surface area contributed by atoms with Gasteiger partial charge in [0.15, 0.2) is 15.6 Å². The highest BCUT2D eigenvalue weighted by atomic mass is 32.2. The van der Waals surface area contributed by atoms with E-state index in [1.54, 1.807) is 6.07 Å². The summed E-state index contributed by atoms with van der Waals surface area (Å²) in [6.07, 6.45) is 1.81. The van der Waals surface area contributed by atoms with Gasteiger partial charge in [-0.05, 0) is 61.6 Å². The third kappa shape index (κ3) is 7.53. The van der Waals surface area contributed by atoms with Crippen LogP contribution in [0.15, 0.2) is 58.3 Å². The molecule has 0 saturated carbocycles. The van der Waals surface area contributed by atoms with Crippen molar-refractivity contribution in [2.75, 3.05) is 19.3 Å². The quantitative estimate of drug-likeness (QED) is 0.445. The van der Waals surface area contributed by atoms with Gasteiger partial charge in [0, 0.05) is 18.4 Å². The van der Waals surface area contributed by atoms with E-state index in [2.05, 4.69) is 10.6 Å². The summed E-state index contributed by atoms with van der Waals surface area (Å²) in [4.78, 5) is 39.0. The van der Waals surface area contributed by atoms with Crippen LogP contribution in [0.25, 0.3) is 0 Å². The third-order valence-electron chi connectivity index (χ3n) is 6.44. The topological polar surface area (TPSA) is 171 Å². The molecule has 1 fully saturated rings. The Bertz CT molecular complexity index is 1530. The summed E-state index contributed by atoms with van der Waals surface area (Å²) in [5.74, 6) is -1.66. The van der Waals surface area contributed by atoms with Gasteiger partial charge in [0.1, 0.15) is 12.1 Å². The van der Waals surface area contributed by atoms with Crippen LogP contribution in [-0.2, 0) is 29.4 Å². The first-order valence-electron chi connectivity index (χ1n) is 12.7. The van der Waals surface area contributed by atoms with Crippen LogP contribution in [0.2, 0.25) is 0 Å². The first-order valence-corrected chi connectivity index (χ1v) is 16.0. The maximum atomic E-state index is 13.2. The van der Waals surface area contributed by atoms with Crippen molar-refractivity contribution in [3.8, 4) is 6.07 Å². The Morgan fingerprint density at radius 2 is 1.73 bits per heavy atom. The molecule has 0 bridgehead atoms.